The molecule has 0 aromatic carbocycles. The van der Waals surface area contributed by atoms with Crippen LogP contribution in [-0.4, -0.2) is 43.0 Å². The molecular formula is C46H81NO2. The van der Waals surface area contributed by atoms with Crippen molar-refractivity contribution >= 4 is 0 Å². The van der Waals surface area contributed by atoms with Gasteiger partial charge in [-0.15, -0.1) is 0 Å². The predicted octanol–water partition coefficient (Wildman–Crippen LogP) is 13.8. The first kappa shape index (κ1) is 42.3. The van der Waals surface area contributed by atoms with Crippen molar-refractivity contribution in [3.8, 4) is 0 Å². The van der Waals surface area contributed by atoms with Gasteiger partial charge in [-0.2, -0.15) is 0 Å². The lowest BCUT2D eigenvalue weighted by molar-refractivity contribution is -0.196. The number of rotatable bonds is 31. The Kier molecular flexibility index (Phi) is 22.9. The van der Waals surface area contributed by atoms with Gasteiger partial charge in [-0.1, -0.05) is 140 Å². The number of hydrogen-bond acceptors (Lipinski definition) is 3. The van der Waals surface area contributed by atoms with Gasteiger partial charge in [0.25, 0.3) is 0 Å². The molecule has 1 saturated heterocycles. The van der Waals surface area contributed by atoms with Crippen molar-refractivity contribution in [2.24, 2.45) is 11.8 Å². The average Bonchev–Trinajstić information content (AvgIpc) is 3.79. The van der Waals surface area contributed by atoms with Crippen LogP contribution < -0.4 is 0 Å². The normalized spacial score (nSPS) is 24.7. The van der Waals surface area contributed by atoms with Crippen LogP contribution in [0.3, 0.4) is 0 Å². The van der Waals surface area contributed by atoms with Crippen LogP contribution in [0, 0.1) is 11.8 Å². The number of nitrogens with zero attached hydrogens (tertiary/aromatic N) is 1. The monoisotopic (exact) mass is 680 g/mol. The third-order valence-corrected chi connectivity index (χ3v) is 11.7. The number of hydrogen-bond donors (Lipinski definition) is 0. The Labute approximate surface area is 305 Å². The second kappa shape index (κ2) is 26.6. The van der Waals surface area contributed by atoms with E-state index in [1.54, 1.807) is 0 Å². The predicted molar refractivity (Wildman–Crippen MR) is 214 cm³/mol. The van der Waals surface area contributed by atoms with Gasteiger partial charge in [0.1, 0.15) is 0 Å². The van der Waals surface area contributed by atoms with E-state index in [0.29, 0.717) is 30.1 Å². The molecule has 3 heteroatoms. The lowest BCUT2D eigenvalue weighted by Crippen LogP contribution is -2.43. The maximum atomic E-state index is 7.06. The Morgan fingerprint density at radius 3 is 1.35 bits per heavy atom. The zero-order valence-corrected chi connectivity index (χ0v) is 33.1. The number of ether oxygens (including phenoxy) is 2. The highest BCUT2D eigenvalue weighted by atomic mass is 16.8. The summed E-state index contributed by atoms with van der Waals surface area (Å²) in [4.78, 5) is 2.45. The van der Waals surface area contributed by atoms with E-state index in [1.807, 2.05) is 0 Å². The summed E-state index contributed by atoms with van der Waals surface area (Å²) in [5.74, 6) is 1.06. The van der Waals surface area contributed by atoms with Gasteiger partial charge in [-0.05, 0) is 110 Å². The average molecular weight is 680 g/mol. The van der Waals surface area contributed by atoms with Gasteiger partial charge in [-0.25, -0.2) is 0 Å². The lowest BCUT2D eigenvalue weighted by Gasteiger charge is -2.33. The molecule has 5 atom stereocenters. The van der Waals surface area contributed by atoms with Crippen molar-refractivity contribution in [1.29, 1.82) is 0 Å². The van der Waals surface area contributed by atoms with E-state index in [1.165, 1.54) is 154 Å². The minimum atomic E-state index is -0.308. The first-order valence-electron chi connectivity index (χ1n) is 21.7. The number of fused-ring (bicyclic) bond motifs is 5. The number of allylic oxidation sites excluding steroid dienone is 8. The fourth-order valence-corrected chi connectivity index (χ4v) is 8.78. The Morgan fingerprint density at radius 2 is 0.898 bits per heavy atom. The summed E-state index contributed by atoms with van der Waals surface area (Å²) >= 11 is 0. The van der Waals surface area contributed by atoms with Crippen LogP contribution in [-0.2, 0) is 9.47 Å². The molecule has 0 spiro atoms. The Hall–Kier alpha value is -1.16. The maximum Gasteiger partial charge on any atom is 0.169 e. The Balaban J connectivity index is 1.27. The van der Waals surface area contributed by atoms with E-state index in [2.05, 4.69) is 81.5 Å². The van der Waals surface area contributed by atoms with Crippen molar-refractivity contribution in [3.05, 3.63) is 48.6 Å². The van der Waals surface area contributed by atoms with Crippen LogP contribution in [0.15, 0.2) is 48.6 Å². The fraction of sp³-hybridized carbons (Fsp3) is 0.826. The van der Waals surface area contributed by atoms with Crippen molar-refractivity contribution < 1.29 is 9.47 Å². The molecule has 0 radical (unpaired) electrons. The second-order valence-electron chi connectivity index (χ2n) is 16.2. The molecule has 3 fully saturated rings. The standard InChI is InChI=1S/C46H81NO2/c1-5-7-9-11-13-15-17-19-21-23-25-27-29-31-33-35-37-46(48-44-41-39-42(45(44)49-46)43(40-41)47(3)4)38-36-34-32-30-28-26-24-22-20-18-16-14-12-10-8-6-2/h13-16,19-22,41-45H,5-12,17-18,23-40H2,1-4H3/b15-13-,16-14-,21-19-,22-20-/t41?,42?,43-,44-,45+/m0/s1. The molecule has 49 heavy (non-hydrogen) atoms. The molecule has 0 N–H and O–H groups in total. The van der Waals surface area contributed by atoms with Crippen LogP contribution in [0.5, 0.6) is 0 Å². The molecule has 0 amide bonds. The molecule has 282 valence electrons. The molecule has 3 rings (SSSR count). The molecule has 2 unspecified atom stereocenters. The summed E-state index contributed by atoms with van der Waals surface area (Å²) in [5.41, 5.74) is 0. The molecular weight excluding hydrogens is 599 g/mol. The summed E-state index contributed by atoms with van der Waals surface area (Å²) in [6.45, 7) is 4.55. The molecule has 1 heterocycles. The molecule has 2 bridgehead atoms. The molecule has 0 aromatic heterocycles. The van der Waals surface area contributed by atoms with Gasteiger partial charge in [-0.3, -0.25) is 0 Å². The van der Waals surface area contributed by atoms with Crippen LogP contribution >= 0.6 is 0 Å². The molecule has 2 saturated carbocycles. The summed E-state index contributed by atoms with van der Waals surface area (Å²) in [5, 5.41) is 0. The first-order valence-corrected chi connectivity index (χ1v) is 21.7. The van der Waals surface area contributed by atoms with E-state index in [0.717, 1.165) is 25.7 Å². The van der Waals surface area contributed by atoms with E-state index >= 15 is 0 Å². The maximum absolute atomic E-state index is 7.06. The van der Waals surface area contributed by atoms with Gasteiger partial charge in [0.15, 0.2) is 5.79 Å². The van der Waals surface area contributed by atoms with Crippen LogP contribution in [0.4, 0.5) is 0 Å². The van der Waals surface area contributed by atoms with Gasteiger partial charge in [0, 0.05) is 24.8 Å². The number of unbranched alkanes of at least 4 members (excludes halogenated alkanes) is 18. The third kappa shape index (κ3) is 16.8. The summed E-state index contributed by atoms with van der Waals surface area (Å²) < 4.78 is 14.1. The zero-order chi connectivity index (χ0) is 34.8. The molecule has 0 aromatic rings. The van der Waals surface area contributed by atoms with Gasteiger partial charge < -0.3 is 14.4 Å². The van der Waals surface area contributed by atoms with Crippen LogP contribution in [0.25, 0.3) is 0 Å². The summed E-state index contributed by atoms with van der Waals surface area (Å²) in [7, 11) is 4.52. The smallest absolute Gasteiger partial charge is 0.169 e. The highest BCUT2D eigenvalue weighted by Crippen LogP contribution is 2.55. The molecule has 3 aliphatic rings. The van der Waals surface area contributed by atoms with Gasteiger partial charge in [0.05, 0.1) is 12.2 Å². The summed E-state index contributed by atoms with van der Waals surface area (Å²) in [6.07, 6.45) is 55.6. The quantitative estimate of drug-likeness (QED) is 0.0538. The Bertz CT molecular complexity index is 870. The molecule has 3 nitrogen and oxygen atoms in total. The largest absolute Gasteiger partial charge is 0.344 e. The minimum Gasteiger partial charge on any atom is -0.344 e. The van der Waals surface area contributed by atoms with Gasteiger partial charge >= 0.3 is 0 Å². The minimum absolute atomic E-state index is 0.308. The SMILES string of the molecule is CCCCC/C=C\C/C=C\CCCCCCCCC1(CCCCCCCC/C=C\C/C=C\CCCCC)O[C@@H]2C3CC(C[C@@H]3N(C)C)[C@@H]2O1. The first-order chi connectivity index (χ1) is 24.1. The van der Waals surface area contributed by atoms with Crippen molar-refractivity contribution in [2.45, 2.75) is 218 Å². The van der Waals surface area contributed by atoms with E-state index in [-0.39, 0.29) is 5.79 Å². The van der Waals surface area contributed by atoms with Crippen molar-refractivity contribution in [2.75, 3.05) is 14.1 Å². The van der Waals surface area contributed by atoms with E-state index < -0.39 is 0 Å². The Morgan fingerprint density at radius 1 is 0.490 bits per heavy atom. The fourth-order valence-electron chi connectivity index (χ4n) is 8.78. The van der Waals surface area contributed by atoms with Crippen molar-refractivity contribution in [1.82, 2.24) is 4.90 Å². The molecule has 1 aliphatic heterocycles. The third-order valence-electron chi connectivity index (χ3n) is 11.7. The molecule has 2 aliphatic carbocycles. The van der Waals surface area contributed by atoms with Crippen LogP contribution in [0.2, 0.25) is 0 Å². The zero-order valence-electron chi connectivity index (χ0n) is 33.1. The van der Waals surface area contributed by atoms with E-state index in [4.69, 9.17) is 9.47 Å². The van der Waals surface area contributed by atoms with Crippen molar-refractivity contribution in [3.63, 3.8) is 0 Å². The highest BCUT2D eigenvalue weighted by Gasteiger charge is 2.62. The summed E-state index contributed by atoms with van der Waals surface area (Å²) in [6, 6.07) is 0.675. The van der Waals surface area contributed by atoms with Crippen LogP contribution in [0.1, 0.15) is 194 Å². The lowest BCUT2D eigenvalue weighted by atomic mass is 9.90. The highest BCUT2D eigenvalue weighted by molar-refractivity contribution is 5.09. The second-order valence-corrected chi connectivity index (χ2v) is 16.2. The van der Waals surface area contributed by atoms with E-state index in [9.17, 15) is 0 Å². The van der Waals surface area contributed by atoms with Gasteiger partial charge in [0.2, 0.25) is 0 Å². The topological polar surface area (TPSA) is 21.7 Å².